The van der Waals surface area contributed by atoms with Gasteiger partial charge in [-0.25, -0.2) is 4.99 Å². The maximum atomic E-state index is 6.22. The second kappa shape index (κ2) is 5.79. The molecular weight excluding hydrogens is 346 g/mol. The van der Waals surface area contributed by atoms with Crippen LogP contribution in [0.3, 0.4) is 0 Å². The predicted molar refractivity (Wildman–Crippen MR) is 92.2 cm³/mol. The number of nitrogens with zero attached hydrogens (tertiary/aromatic N) is 3. The Labute approximate surface area is 138 Å². The second-order valence-electron chi connectivity index (χ2n) is 5.63. The fourth-order valence-electron chi connectivity index (χ4n) is 3.31. The van der Waals surface area contributed by atoms with Crippen LogP contribution in [0, 0.1) is 0 Å². The van der Waals surface area contributed by atoms with E-state index >= 15 is 0 Å². The van der Waals surface area contributed by atoms with Crippen molar-refractivity contribution in [3.05, 3.63) is 22.7 Å². The Morgan fingerprint density at radius 3 is 2.64 bits per heavy atom. The largest absolute Gasteiger partial charge is 0.495 e. The van der Waals surface area contributed by atoms with Gasteiger partial charge < -0.3 is 16.2 Å². The van der Waals surface area contributed by atoms with Gasteiger partial charge in [-0.05, 0) is 43.9 Å². The summed E-state index contributed by atoms with van der Waals surface area (Å²) in [4.78, 5) is 10.8. The molecule has 6 nitrogen and oxygen atoms in total. The van der Waals surface area contributed by atoms with Gasteiger partial charge in [-0.2, -0.15) is 4.99 Å². The number of rotatable bonds is 2. The second-order valence-corrected chi connectivity index (χ2v) is 6.55. The molecule has 4 N–H and O–H groups in total. The summed E-state index contributed by atoms with van der Waals surface area (Å²) in [6, 6.07) is 5.85. The van der Waals surface area contributed by atoms with Gasteiger partial charge in [-0.15, -0.1) is 0 Å². The van der Waals surface area contributed by atoms with Crippen LogP contribution in [0.25, 0.3) is 0 Å². The summed E-state index contributed by atoms with van der Waals surface area (Å²) in [6.07, 6.45) is 5.21. The van der Waals surface area contributed by atoms with E-state index in [1.54, 1.807) is 7.11 Å². The minimum Gasteiger partial charge on any atom is -0.495 e. The van der Waals surface area contributed by atoms with Gasteiger partial charge in [0.05, 0.1) is 12.8 Å². The van der Waals surface area contributed by atoms with Crippen molar-refractivity contribution < 1.29 is 4.74 Å². The van der Waals surface area contributed by atoms with Crippen LogP contribution in [0.4, 0.5) is 5.69 Å². The van der Waals surface area contributed by atoms with Crippen molar-refractivity contribution in [3.8, 4) is 5.75 Å². The van der Waals surface area contributed by atoms with Crippen LogP contribution in [-0.4, -0.2) is 24.7 Å². The Morgan fingerprint density at radius 2 is 1.95 bits per heavy atom. The third kappa shape index (κ3) is 2.54. The number of ether oxygens (including phenoxy) is 1. The molecule has 0 unspecified atom stereocenters. The first kappa shape index (κ1) is 15.1. The lowest BCUT2D eigenvalue weighted by molar-refractivity contribution is 0.303. The lowest BCUT2D eigenvalue weighted by Crippen LogP contribution is -2.58. The van der Waals surface area contributed by atoms with Gasteiger partial charge in [0.1, 0.15) is 11.4 Å². The topological polar surface area (TPSA) is 89.2 Å². The fourth-order valence-corrected chi connectivity index (χ4v) is 3.65. The van der Waals surface area contributed by atoms with E-state index in [4.69, 9.17) is 16.2 Å². The standard InChI is InChI=1S/C15H20BrN5O/c1-22-12-9-10(16)5-6-11(12)21-14(18)19-13(17)20-15(21)7-3-2-4-8-15/h5-6,9H,2-4,7-8H2,1H3,(H4,17,18,19,20). The zero-order valence-corrected chi connectivity index (χ0v) is 14.1. The van der Waals surface area contributed by atoms with Crippen LogP contribution in [-0.2, 0) is 0 Å². The van der Waals surface area contributed by atoms with Crippen molar-refractivity contribution in [1.82, 2.24) is 0 Å². The lowest BCUT2D eigenvalue weighted by atomic mass is 9.87. The number of benzene rings is 1. The first-order valence-electron chi connectivity index (χ1n) is 7.39. The summed E-state index contributed by atoms with van der Waals surface area (Å²) in [5.74, 6) is 1.36. The van der Waals surface area contributed by atoms with Crippen molar-refractivity contribution in [2.75, 3.05) is 12.0 Å². The van der Waals surface area contributed by atoms with Crippen LogP contribution in [0.5, 0.6) is 5.75 Å². The Morgan fingerprint density at radius 1 is 1.23 bits per heavy atom. The molecule has 3 rings (SSSR count). The molecule has 1 aliphatic heterocycles. The highest BCUT2D eigenvalue weighted by molar-refractivity contribution is 9.10. The molecule has 0 amide bonds. The van der Waals surface area contributed by atoms with Gasteiger partial charge in [0.15, 0.2) is 0 Å². The molecule has 2 aliphatic rings. The number of anilines is 1. The zero-order valence-electron chi connectivity index (χ0n) is 12.6. The number of aliphatic imine (C=N–C) groups is 2. The quantitative estimate of drug-likeness (QED) is 0.842. The van der Waals surface area contributed by atoms with Crippen LogP contribution in [0.2, 0.25) is 0 Å². The van der Waals surface area contributed by atoms with E-state index in [9.17, 15) is 0 Å². The number of hydrogen-bond donors (Lipinski definition) is 2. The molecule has 7 heteroatoms. The van der Waals surface area contributed by atoms with E-state index in [2.05, 4.69) is 25.9 Å². The molecule has 0 atom stereocenters. The normalized spacial score (nSPS) is 20.5. The summed E-state index contributed by atoms with van der Waals surface area (Å²) in [6.45, 7) is 0. The van der Waals surface area contributed by atoms with Gasteiger partial charge in [0.2, 0.25) is 11.9 Å². The van der Waals surface area contributed by atoms with E-state index in [-0.39, 0.29) is 5.96 Å². The molecule has 0 radical (unpaired) electrons. The van der Waals surface area contributed by atoms with Gasteiger partial charge >= 0.3 is 0 Å². The molecule has 0 saturated heterocycles. The van der Waals surface area contributed by atoms with Crippen LogP contribution < -0.4 is 21.1 Å². The number of nitrogens with two attached hydrogens (primary N) is 2. The summed E-state index contributed by atoms with van der Waals surface area (Å²) in [5.41, 5.74) is 12.5. The fraction of sp³-hybridized carbons (Fsp3) is 0.467. The van der Waals surface area contributed by atoms with E-state index in [0.717, 1.165) is 41.6 Å². The SMILES string of the molecule is COc1cc(Br)ccc1N1C(N)=NC(N)=NC12CCCCC2. The van der Waals surface area contributed by atoms with Crippen molar-refractivity contribution >= 4 is 33.5 Å². The number of halogens is 1. The van der Waals surface area contributed by atoms with Crippen molar-refractivity contribution in [2.24, 2.45) is 21.5 Å². The van der Waals surface area contributed by atoms with Gasteiger partial charge in [-0.3, -0.25) is 4.90 Å². The summed E-state index contributed by atoms with van der Waals surface area (Å²) < 4.78 is 6.47. The molecule has 1 fully saturated rings. The molecule has 1 spiro atoms. The van der Waals surface area contributed by atoms with E-state index < -0.39 is 5.66 Å². The average molecular weight is 366 g/mol. The number of methoxy groups -OCH3 is 1. The summed E-state index contributed by atoms with van der Waals surface area (Å²) in [5, 5.41) is 0. The van der Waals surface area contributed by atoms with Crippen LogP contribution in [0.1, 0.15) is 32.1 Å². The zero-order chi connectivity index (χ0) is 15.7. The third-order valence-corrected chi connectivity index (χ3v) is 4.73. The van der Waals surface area contributed by atoms with Gasteiger partial charge in [0.25, 0.3) is 0 Å². The van der Waals surface area contributed by atoms with E-state index in [1.165, 1.54) is 6.42 Å². The van der Waals surface area contributed by atoms with Crippen molar-refractivity contribution in [2.45, 2.75) is 37.8 Å². The molecule has 118 valence electrons. The molecule has 1 heterocycles. The van der Waals surface area contributed by atoms with Gasteiger partial charge in [0, 0.05) is 4.47 Å². The molecule has 0 bridgehead atoms. The maximum Gasteiger partial charge on any atom is 0.220 e. The molecule has 1 aromatic carbocycles. The smallest absolute Gasteiger partial charge is 0.220 e. The highest BCUT2D eigenvalue weighted by atomic mass is 79.9. The first-order chi connectivity index (χ1) is 10.6. The third-order valence-electron chi connectivity index (χ3n) is 4.23. The van der Waals surface area contributed by atoms with Crippen LogP contribution in [0.15, 0.2) is 32.7 Å². The van der Waals surface area contributed by atoms with E-state index in [1.807, 2.05) is 23.1 Å². The number of guanidine groups is 2. The van der Waals surface area contributed by atoms with Gasteiger partial charge in [-0.1, -0.05) is 22.4 Å². The predicted octanol–water partition coefficient (Wildman–Crippen LogP) is 2.57. The molecule has 0 aromatic heterocycles. The van der Waals surface area contributed by atoms with E-state index in [0.29, 0.717) is 5.96 Å². The lowest BCUT2D eigenvalue weighted by Gasteiger charge is -2.45. The summed E-state index contributed by atoms with van der Waals surface area (Å²) in [7, 11) is 1.65. The van der Waals surface area contributed by atoms with Crippen LogP contribution >= 0.6 is 15.9 Å². The Bertz CT molecular complexity index is 637. The highest BCUT2D eigenvalue weighted by Gasteiger charge is 2.43. The Balaban J connectivity index is 2.12. The Hall–Kier alpha value is -1.76. The summed E-state index contributed by atoms with van der Waals surface area (Å²) >= 11 is 3.47. The molecule has 1 aliphatic carbocycles. The monoisotopic (exact) mass is 365 g/mol. The highest BCUT2D eigenvalue weighted by Crippen LogP contribution is 2.43. The molecule has 1 saturated carbocycles. The minimum absolute atomic E-state index is 0.256. The maximum absolute atomic E-state index is 6.22. The number of hydrogen-bond acceptors (Lipinski definition) is 6. The molecule has 22 heavy (non-hydrogen) atoms. The average Bonchev–Trinajstić information content (AvgIpc) is 2.48. The first-order valence-corrected chi connectivity index (χ1v) is 8.18. The minimum atomic E-state index is -0.449. The molecular formula is C15H20BrN5O. The molecule has 1 aromatic rings. The van der Waals surface area contributed by atoms with Crippen molar-refractivity contribution in [1.29, 1.82) is 0 Å². The Kier molecular flexibility index (Phi) is 3.99. The van der Waals surface area contributed by atoms with Crippen molar-refractivity contribution in [3.63, 3.8) is 0 Å².